The number of hydrogen-bond donors (Lipinski definition) is 1. The maximum atomic E-state index is 11.4. The summed E-state index contributed by atoms with van der Waals surface area (Å²) >= 11 is 0. The van der Waals surface area contributed by atoms with Crippen LogP contribution in [0.2, 0.25) is 0 Å². The predicted octanol–water partition coefficient (Wildman–Crippen LogP) is 10.3. The molecule has 5 heteroatoms. The molecule has 0 fully saturated rings. The molecular formula is C39H53N3O2. The molecule has 0 saturated heterocycles. The van der Waals surface area contributed by atoms with Crippen molar-refractivity contribution in [2.24, 2.45) is 0 Å². The number of carboxylic acid groups (broad SMARTS) is 1. The predicted molar refractivity (Wildman–Crippen MR) is 185 cm³/mol. The number of nitrogens with zero attached hydrogens (tertiary/aromatic N) is 3. The van der Waals surface area contributed by atoms with Gasteiger partial charge < -0.3 is 9.67 Å². The summed E-state index contributed by atoms with van der Waals surface area (Å²) in [6.45, 7) is 16.3. The molecule has 0 aliphatic heterocycles. The highest BCUT2D eigenvalue weighted by Gasteiger charge is 2.23. The molecule has 236 valence electrons. The Morgan fingerprint density at radius 1 is 0.795 bits per heavy atom. The number of unbranched alkanes of at least 4 members (excludes halogenated alkanes) is 5. The van der Waals surface area contributed by atoms with Gasteiger partial charge in [0.1, 0.15) is 5.82 Å². The van der Waals surface area contributed by atoms with E-state index in [2.05, 4.69) is 85.7 Å². The number of carbonyl (C=O) groups is 1. The molecule has 4 aromatic rings. The summed E-state index contributed by atoms with van der Waals surface area (Å²) in [6, 6.07) is 24.7. The van der Waals surface area contributed by atoms with Crippen molar-refractivity contribution < 1.29 is 9.90 Å². The molecule has 5 nitrogen and oxygen atoms in total. The Morgan fingerprint density at radius 2 is 1.45 bits per heavy atom. The summed E-state index contributed by atoms with van der Waals surface area (Å²) in [6.07, 6.45) is 8.25. The lowest BCUT2D eigenvalue weighted by molar-refractivity contribution is 0.0697. The standard InChI is InChI=1S/C37H47N3O2.C2H6/c1-5-7-9-13-24-39(26-30-18-22-32(23-19-30)37(41)42)27-34-35(31-20-16-28(3)17-21-31)38-36(40(34)25-12-8-6-2)33-15-11-10-14-29(33)4;1-2/h10-11,14-23H,5-9,12-13,24-27H2,1-4H3,(H,41,42);1-2H3. The van der Waals surface area contributed by atoms with Crippen molar-refractivity contribution in [1.82, 2.24) is 14.5 Å². The van der Waals surface area contributed by atoms with Crippen LogP contribution in [-0.4, -0.2) is 32.1 Å². The third-order valence-electron chi connectivity index (χ3n) is 8.08. The number of hydrogen-bond acceptors (Lipinski definition) is 3. The lowest BCUT2D eigenvalue weighted by Crippen LogP contribution is -2.26. The molecule has 0 atom stereocenters. The minimum atomic E-state index is -0.888. The molecule has 0 spiro atoms. The largest absolute Gasteiger partial charge is 0.478 e. The number of aromatic nitrogens is 2. The van der Waals surface area contributed by atoms with Crippen molar-refractivity contribution >= 4 is 5.97 Å². The Labute approximate surface area is 266 Å². The van der Waals surface area contributed by atoms with Gasteiger partial charge >= 0.3 is 5.97 Å². The van der Waals surface area contributed by atoms with Crippen molar-refractivity contribution in [2.45, 2.75) is 106 Å². The zero-order valence-electron chi connectivity index (χ0n) is 27.9. The summed E-state index contributed by atoms with van der Waals surface area (Å²) in [5.74, 6) is 0.159. The molecule has 4 rings (SSSR count). The summed E-state index contributed by atoms with van der Waals surface area (Å²) < 4.78 is 2.49. The summed E-state index contributed by atoms with van der Waals surface area (Å²) in [7, 11) is 0. The Bertz CT molecular complexity index is 1420. The van der Waals surface area contributed by atoms with Crippen LogP contribution in [0.25, 0.3) is 22.6 Å². The van der Waals surface area contributed by atoms with Gasteiger partial charge in [-0.3, -0.25) is 4.90 Å². The van der Waals surface area contributed by atoms with Gasteiger partial charge in [0.25, 0.3) is 0 Å². The quantitative estimate of drug-likeness (QED) is 0.131. The minimum Gasteiger partial charge on any atom is -0.478 e. The Balaban J connectivity index is 0.00000259. The minimum absolute atomic E-state index is 0.326. The third kappa shape index (κ3) is 9.65. The second-order valence-corrected chi connectivity index (χ2v) is 11.5. The van der Waals surface area contributed by atoms with Gasteiger partial charge in [0.15, 0.2) is 0 Å². The number of imidazole rings is 1. The summed E-state index contributed by atoms with van der Waals surface area (Å²) in [4.78, 5) is 19.4. The average molecular weight is 596 g/mol. The second kappa shape index (κ2) is 18.2. The topological polar surface area (TPSA) is 58.4 Å². The lowest BCUT2D eigenvalue weighted by Gasteiger charge is -2.25. The van der Waals surface area contributed by atoms with Gasteiger partial charge in [0.05, 0.1) is 17.0 Å². The van der Waals surface area contributed by atoms with Crippen LogP contribution in [0.4, 0.5) is 0 Å². The second-order valence-electron chi connectivity index (χ2n) is 11.5. The SMILES string of the molecule is CC.CCCCCCN(Cc1ccc(C(=O)O)cc1)Cc1c(-c2ccc(C)cc2)nc(-c2ccccc2C)n1CCCCC. The van der Waals surface area contributed by atoms with Gasteiger partial charge in [-0.25, -0.2) is 9.78 Å². The molecule has 1 heterocycles. The molecule has 3 aromatic carbocycles. The van der Waals surface area contributed by atoms with Crippen LogP contribution in [-0.2, 0) is 19.6 Å². The third-order valence-corrected chi connectivity index (χ3v) is 8.08. The van der Waals surface area contributed by atoms with E-state index >= 15 is 0 Å². The molecule has 44 heavy (non-hydrogen) atoms. The highest BCUT2D eigenvalue weighted by molar-refractivity contribution is 5.87. The molecule has 0 bridgehead atoms. The van der Waals surface area contributed by atoms with Crippen molar-refractivity contribution in [3.05, 3.63) is 101 Å². The molecule has 1 aromatic heterocycles. The van der Waals surface area contributed by atoms with E-state index < -0.39 is 5.97 Å². The number of carboxylic acids is 1. The first kappa shape index (κ1) is 34.8. The van der Waals surface area contributed by atoms with Gasteiger partial charge in [-0.15, -0.1) is 0 Å². The normalized spacial score (nSPS) is 11.0. The zero-order chi connectivity index (χ0) is 31.9. The molecule has 0 amide bonds. The average Bonchev–Trinajstić information content (AvgIpc) is 3.38. The highest BCUT2D eigenvalue weighted by Crippen LogP contribution is 2.33. The van der Waals surface area contributed by atoms with Crippen LogP contribution in [0, 0.1) is 13.8 Å². The highest BCUT2D eigenvalue weighted by atomic mass is 16.4. The van der Waals surface area contributed by atoms with E-state index in [1.54, 1.807) is 12.1 Å². The maximum Gasteiger partial charge on any atom is 0.335 e. The monoisotopic (exact) mass is 595 g/mol. The van der Waals surface area contributed by atoms with Crippen LogP contribution in [0.3, 0.4) is 0 Å². The van der Waals surface area contributed by atoms with Gasteiger partial charge in [-0.2, -0.15) is 0 Å². The van der Waals surface area contributed by atoms with Crippen LogP contribution >= 0.6 is 0 Å². The van der Waals surface area contributed by atoms with Crippen LogP contribution in [0.5, 0.6) is 0 Å². The van der Waals surface area contributed by atoms with E-state index in [4.69, 9.17) is 4.98 Å². The van der Waals surface area contributed by atoms with E-state index in [9.17, 15) is 9.90 Å². The molecule has 0 aliphatic rings. The van der Waals surface area contributed by atoms with E-state index in [1.807, 2.05) is 26.0 Å². The fourth-order valence-corrected chi connectivity index (χ4v) is 5.58. The first-order valence-electron chi connectivity index (χ1n) is 16.7. The maximum absolute atomic E-state index is 11.4. The molecule has 0 radical (unpaired) electrons. The number of benzene rings is 3. The van der Waals surface area contributed by atoms with Gasteiger partial charge in [-0.05, 0) is 56.5 Å². The van der Waals surface area contributed by atoms with E-state index in [1.165, 1.54) is 54.5 Å². The number of aryl methyl sites for hydroxylation is 2. The fourth-order valence-electron chi connectivity index (χ4n) is 5.58. The Kier molecular flexibility index (Phi) is 14.4. The van der Waals surface area contributed by atoms with Crippen LogP contribution < -0.4 is 0 Å². The van der Waals surface area contributed by atoms with Crippen molar-refractivity contribution in [3.63, 3.8) is 0 Å². The summed E-state index contributed by atoms with van der Waals surface area (Å²) in [5, 5.41) is 9.39. The Morgan fingerprint density at radius 3 is 2.09 bits per heavy atom. The summed E-state index contributed by atoms with van der Waals surface area (Å²) in [5.41, 5.74) is 8.58. The first-order chi connectivity index (χ1) is 21.4. The van der Waals surface area contributed by atoms with Gasteiger partial charge in [0.2, 0.25) is 0 Å². The van der Waals surface area contributed by atoms with E-state index in [-0.39, 0.29) is 0 Å². The molecule has 1 N–H and O–H groups in total. The Hall–Kier alpha value is -3.70. The molecule has 0 saturated carbocycles. The van der Waals surface area contributed by atoms with Crippen molar-refractivity contribution in [1.29, 1.82) is 0 Å². The molecular weight excluding hydrogens is 542 g/mol. The number of rotatable bonds is 16. The van der Waals surface area contributed by atoms with E-state index in [0.717, 1.165) is 61.7 Å². The first-order valence-corrected chi connectivity index (χ1v) is 16.7. The van der Waals surface area contributed by atoms with Gasteiger partial charge in [-0.1, -0.05) is 126 Å². The smallest absolute Gasteiger partial charge is 0.335 e. The van der Waals surface area contributed by atoms with Crippen LogP contribution in [0.15, 0.2) is 72.8 Å². The van der Waals surface area contributed by atoms with Crippen LogP contribution in [0.1, 0.15) is 105 Å². The molecule has 0 aliphatic carbocycles. The molecule has 0 unspecified atom stereocenters. The lowest BCUT2D eigenvalue weighted by atomic mass is 10.1. The van der Waals surface area contributed by atoms with Gasteiger partial charge in [0, 0.05) is 30.8 Å². The fraction of sp³-hybridized carbons (Fsp3) is 0.436. The zero-order valence-corrected chi connectivity index (χ0v) is 27.9. The number of aromatic carboxylic acids is 1. The van der Waals surface area contributed by atoms with Crippen molar-refractivity contribution in [2.75, 3.05) is 6.54 Å². The van der Waals surface area contributed by atoms with E-state index in [0.29, 0.717) is 5.56 Å². The van der Waals surface area contributed by atoms with Crippen molar-refractivity contribution in [3.8, 4) is 22.6 Å².